The van der Waals surface area contributed by atoms with Crippen molar-refractivity contribution in [3.05, 3.63) is 64.8 Å². The van der Waals surface area contributed by atoms with E-state index in [1.54, 1.807) is 17.7 Å². The van der Waals surface area contributed by atoms with Crippen LogP contribution >= 0.6 is 11.3 Å². The van der Waals surface area contributed by atoms with Crippen LogP contribution in [0.4, 0.5) is 0 Å². The summed E-state index contributed by atoms with van der Waals surface area (Å²) in [6, 6.07) is 12.0. The Labute approximate surface area is 177 Å². The summed E-state index contributed by atoms with van der Waals surface area (Å²) >= 11 is 1.39. The third-order valence-electron chi connectivity index (χ3n) is 5.94. The second-order valence-electron chi connectivity index (χ2n) is 7.85. The smallest absolute Gasteiger partial charge is 0.259 e. The predicted octanol–water partition coefficient (Wildman–Crippen LogP) is 4.00. The number of hydrogen-bond donors (Lipinski definition) is 1. The molecule has 0 aliphatic carbocycles. The average Bonchev–Trinajstić information content (AvgIpc) is 3.43. The number of nitrogens with two attached hydrogens (primary N) is 1. The van der Waals surface area contributed by atoms with Gasteiger partial charge in [-0.1, -0.05) is 24.3 Å². The maximum absolute atomic E-state index is 12.1. The molecule has 1 unspecified atom stereocenters. The third kappa shape index (κ3) is 3.11. The predicted molar refractivity (Wildman–Crippen MR) is 119 cm³/mol. The Kier molecular flexibility index (Phi) is 4.64. The zero-order valence-corrected chi connectivity index (χ0v) is 17.5. The number of amides is 1. The zero-order chi connectivity index (χ0) is 20.8. The molecule has 1 saturated heterocycles. The van der Waals surface area contributed by atoms with Gasteiger partial charge in [-0.3, -0.25) is 19.1 Å². The first-order chi connectivity index (χ1) is 14.5. The van der Waals surface area contributed by atoms with Crippen molar-refractivity contribution >= 4 is 44.3 Å². The molecule has 4 aromatic rings. The SMILES string of the molecule is CC(=O)n1cc(CN2CCC(c3c(C(N)=O)sc4ncccc34)C2)c2ccccc21. The number of benzene rings is 1. The van der Waals surface area contributed by atoms with Crippen molar-refractivity contribution in [2.75, 3.05) is 13.1 Å². The molecule has 1 aromatic carbocycles. The number of likely N-dealkylation sites (tertiary alicyclic amines) is 1. The van der Waals surface area contributed by atoms with Gasteiger partial charge in [0.2, 0.25) is 5.91 Å². The van der Waals surface area contributed by atoms with Crippen molar-refractivity contribution in [1.29, 1.82) is 0 Å². The first kappa shape index (κ1) is 19.0. The van der Waals surface area contributed by atoms with Crippen LogP contribution in [0.25, 0.3) is 21.1 Å². The fraction of sp³-hybridized carbons (Fsp3) is 0.261. The minimum absolute atomic E-state index is 0.0140. The number of pyridine rings is 1. The highest BCUT2D eigenvalue weighted by Gasteiger charge is 2.30. The molecule has 1 aliphatic rings. The lowest BCUT2D eigenvalue weighted by Gasteiger charge is -2.16. The number of hydrogen-bond acceptors (Lipinski definition) is 5. The van der Waals surface area contributed by atoms with E-state index in [0.29, 0.717) is 4.88 Å². The Balaban J connectivity index is 1.45. The molecular formula is C23H22N4O2S. The van der Waals surface area contributed by atoms with Gasteiger partial charge in [0.1, 0.15) is 4.83 Å². The molecular weight excluding hydrogens is 396 g/mol. The molecule has 2 N–H and O–H groups in total. The minimum atomic E-state index is -0.379. The molecule has 30 heavy (non-hydrogen) atoms. The summed E-state index contributed by atoms with van der Waals surface area (Å²) in [7, 11) is 0. The second-order valence-corrected chi connectivity index (χ2v) is 8.85. The van der Waals surface area contributed by atoms with E-state index in [1.165, 1.54) is 11.3 Å². The second kappa shape index (κ2) is 7.34. The lowest BCUT2D eigenvalue weighted by Crippen LogP contribution is -2.20. The largest absolute Gasteiger partial charge is 0.365 e. The molecule has 0 radical (unpaired) electrons. The van der Waals surface area contributed by atoms with Gasteiger partial charge in [0.25, 0.3) is 5.91 Å². The van der Waals surface area contributed by atoms with Crippen LogP contribution in [0.15, 0.2) is 48.8 Å². The van der Waals surface area contributed by atoms with Gasteiger partial charge in [0.05, 0.1) is 10.4 Å². The summed E-state index contributed by atoms with van der Waals surface area (Å²) in [6.45, 7) is 4.13. The fourth-order valence-corrected chi connectivity index (χ4v) is 5.71. The summed E-state index contributed by atoms with van der Waals surface area (Å²) < 4.78 is 1.72. The summed E-state index contributed by atoms with van der Waals surface area (Å²) in [4.78, 5) is 32.4. The van der Waals surface area contributed by atoms with Gasteiger partial charge in [-0.15, -0.1) is 11.3 Å². The van der Waals surface area contributed by atoms with Gasteiger partial charge in [-0.25, -0.2) is 4.98 Å². The number of fused-ring (bicyclic) bond motifs is 2. The molecule has 7 heteroatoms. The van der Waals surface area contributed by atoms with Gasteiger partial charge in [-0.2, -0.15) is 0 Å². The Morgan fingerprint density at radius 1 is 1.20 bits per heavy atom. The molecule has 3 aromatic heterocycles. The molecule has 0 saturated carbocycles. The van der Waals surface area contributed by atoms with Crippen molar-refractivity contribution < 1.29 is 9.59 Å². The molecule has 5 rings (SSSR count). The molecule has 152 valence electrons. The topological polar surface area (TPSA) is 81.2 Å². The van der Waals surface area contributed by atoms with Crippen LogP contribution in [0.5, 0.6) is 0 Å². The number of primary amides is 1. The third-order valence-corrected chi connectivity index (χ3v) is 7.08. The quantitative estimate of drug-likeness (QED) is 0.543. The number of aromatic nitrogens is 2. The molecule has 1 fully saturated rings. The van der Waals surface area contributed by atoms with E-state index in [4.69, 9.17) is 5.73 Å². The van der Waals surface area contributed by atoms with Crippen molar-refractivity contribution in [3.8, 4) is 0 Å². The van der Waals surface area contributed by atoms with Crippen molar-refractivity contribution in [1.82, 2.24) is 14.5 Å². The average molecular weight is 419 g/mol. The van der Waals surface area contributed by atoms with E-state index in [-0.39, 0.29) is 17.7 Å². The molecule has 1 atom stereocenters. The number of thiophene rings is 1. The van der Waals surface area contributed by atoms with Crippen LogP contribution in [0, 0.1) is 0 Å². The zero-order valence-electron chi connectivity index (χ0n) is 16.7. The Morgan fingerprint density at radius 3 is 2.80 bits per heavy atom. The lowest BCUT2D eigenvalue weighted by molar-refractivity contribution is 0.0940. The molecule has 1 amide bonds. The summed E-state index contributed by atoms with van der Waals surface area (Å²) in [5.41, 5.74) is 8.83. The van der Waals surface area contributed by atoms with E-state index < -0.39 is 0 Å². The highest BCUT2D eigenvalue weighted by Crippen LogP contribution is 2.39. The van der Waals surface area contributed by atoms with E-state index in [0.717, 1.165) is 58.3 Å². The Hall–Kier alpha value is -3.03. The first-order valence-electron chi connectivity index (χ1n) is 10.0. The van der Waals surface area contributed by atoms with Gasteiger partial charge in [-0.05, 0) is 36.2 Å². The molecule has 1 aliphatic heterocycles. The van der Waals surface area contributed by atoms with E-state index in [9.17, 15) is 9.59 Å². The monoisotopic (exact) mass is 418 g/mol. The van der Waals surface area contributed by atoms with Crippen LogP contribution in [0.1, 0.15) is 44.9 Å². The number of rotatable bonds is 4. The maximum atomic E-state index is 12.1. The van der Waals surface area contributed by atoms with Gasteiger partial charge >= 0.3 is 0 Å². The van der Waals surface area contributed by atoms with E-state index >= 15 is 0 Å². The van der Waals surface area contributed by atoms with Crippen molar-refractivity contribution in [3.63, 3.8) is 0 Å². The highest BCUT2D eigenvalue weighted by atomic mass is 32.1. The summed E-state index contributed by atoms with van der Waals surface area (Å²) in [6.07, 6.45) is 4.67. The van der Waals surface area contributed by atoms with Gasteiger partial charge < -0.3 is 5.73 Å². The van der Waals surface area contributed by atoms with Crippen LogP contribution in [-0.2, 0) is 6.54 Å². The number of carbonyl (C=O) groups excluding carboxylic acids is 2. The number of carbonyl (C=O) groups is 2. The summed E-state index contributed by atoms with van der Waals surface area (Å²) in [5, 5.41) is 2.15. The number of para-hydroxylation sites is 1. The molecule has 0 spiro atoms. The molecule has 0 bridgehead atoms. The Bertz CT molecular complexity index is 1290. The Morgan fingerprint density at radius 2 is 2.00 bits per heavy atom. The first-order valence-corrected chi connectivity index (χ1v) is 10.8. The van der Waals surface area contributed by atoms with Gasteiger partial charge in [0.15, 0.2) is 0 Å². The standard InChI is InChI=1S/C23H22N4O2S/c1-14(28)27-13-16(17-5-2-3-7-19(17)27)12-26-10-8-15(11-26)20-18-6-4-9-25-23(18)30-21(20)22(24)29/h2-7,9,13,15H,8,10-12H2,1H3,(H2,24,29). The van der Waals surface area contributed by atoms with Crippen LogP contribution in [0.3, 0.4) is 0 Å². The van der Waals surface area contributed by atoms with Crippen molar-refractivity contribution in [2.45, 2.75) is 25.8 Å². The van der Waals surface area contributed by atoms with Crippen LogP contribution in [0.2, 0.25) is 0 Å². The molecule has 6 nitrogen and oxygen atoms in total. The lowest BCUT2D eigenvalue weighted by atomic mass is 9.95. The fourth-order valence-electron chi connectivity index (χ4n) is 4.63. The van der Waals surface area contributed by atoms with E-state index in [1.807, 2.05) is 36.5 Å². The van der Waals surface area contributed by atoms with Crippen LogP contribution in [-0.4, -0.2) is 39.4 Å². The number of nitrogens with zero attached hydrogens (tertiary/aromatic N) is 3. The van der Waals surface area contributed by atoms with Crippen molar-refractivity contribution in [2.24, 2.45) is 5.73 Å². The van der Waals surface area contributed by atoms with E-state index in [2.05, 4.69) is 16.0 Å². The minimum Gasteiger partial charge on any atom is -0.365 e. The maximum Gasteiger partial charge on any atom is 0.259 e. The van der Waals surface area contributed by atoms with Crippen LogP contribution < -0.4 is 5.73 Å². The summed E-state index contributed by atoms with van der Waals surface area (Å²) in [5.74, 6) is -0.123. The highest BCUT2D eigenvalue weighted by molar-refractivity contribution is 7.20. The van der Waals surface area contributed by atoms with Gasteiger partial charge in [0, 0.05) is 49.1 Å². The molecule has 4 heterocycles. The normalized spacial score (nSPS) is 17.2.